The summed E-state index contributed by atoms with van der Waals surface area (Å²) >= 11 is 12.4. The highest BCUT2D eigenvalue weighted by Gasteiger charge is 2.29. The molecule has 0 aromatic heterocycles. The molecule has 0 radical (unpaired) electrons. The van der Waals surface area contributed by atoms with E-state index in [4.69, 9.17) is 23.2 Å². The second-order valence-electron chi connectivity index (χ2n) is 7.41. The Kier molecular flexibility index (Phi) is 7.79. The van der Waals surface area contributed by atoms with Crippen LogP contribution in [0.4, 0.5) is 5.69 Å². The summed E-state index contributed by atoms with van der Waals surface area (Å²) in [5, 5.41) is 4.21. The average Bonchev–Trinajstić information content (AvgIpc) is 2.80. The zero-order valence-corrected chi connectivity index (χ0v) is 20.7. The van der Waals surface area contributed by atoms with E-state index in [9.17, 15) is 13.2 Å². The number of benzene rings is 3. The Balaban J connectivity index is 1.88. The molecular weight excluding hydrogens is 481 g/mol. The minimum atomic E-state index is -4.11. The van der Waals surface area contributed by atoms with Crippen molar-refractivity contribution in [1.82, 2.24) is 5.43 Å². The maximum atomic E-state index is 13.3. The molecule has 1 amide bonds. The number of nitrogens with one attached hydrogen (secondary N) is 1. The van der Waals surface area contributed by atoms with Crippen LogP contribution >= 0.6 is 23.2 Å². The van der Waals surface area contributed by atoms with Crippen molar-refractivity contribution in [3.63, 3.8) is 0 Å². The van der Waals surface area contributed by atoms with Crippen LogP contribution in [0.2, 0.25) is 10.0 Å². The molecule has 3 aromatic rings. The van der Waals surface area contributed by atoms with E-state index in [1.54, 1.807) is 24.3 Å². The van der Waals surface area contributed by atoms with E-state index in [2.05, 4.69) is 10.5 Å². The topological polar surface area (TPSA) is 78.8 Å². The predicted octanol–water partition coefficient (Wildman–Crippen LogP) is 5.26. The molecule has 0 unspecified atom stereocenters. The second-order valence-corrected chi connectivity index (χ2v) is 10.1. The molecule has 0 atom stereocenters. The van der Waals surface area contributed by atoms with E-state index >= 15 is 0 Å². The molecule has 0 aliphatic carbocycles. The standard InChI is InChI=1S/C24H23Cl2N3O3S/c1-16-12-13-19(18(3)17(16)2)14-27-28-23(30)15-29(22-11-7-10-21(25)24(22)26)33(31,32)20-8-5-4-6-9-20/h4-14H,15H2,1-3H3,(H,28,30)/b27-14-. The molecule has 33 heavy (non-hydrogen) atoms. The molecule has 0 saturated heterocycles. The van der Waals surface area contributed by atoms with Gasteiger partial charge in [0.05, 0.1) is 26.8 Å². The minimum Gasteiger partial charge on any atom is -0.271 e. The lowest BCUT2D eigenvalue weighted by molar-refractivity contribution is -0.119. The van der Waals surface area contributed by atoms with Gasteiger partial charge < -0.3 is 0 Å². The number of hydrazone groups is 1. The van der Waals surface area contributed by atoms with Crippen LogP contribution in [0.25, 0.3) is 0 Å². The number of sulfonamides is 1. The van der Waals surface area contributed by atoms with Crippen molar-refractivity contribution in [2.24, 2.45) is 5.10 Å². The van der Waals surface area contributed by atoms with Crippen LogP contribution < -0.4 is 9.73 Å². The largest absolute Gasteiger partial charge is 0.271 e. The summed E-state index contributed by atoms with van der Waals surface area (Å²) < 4.78 is 27.6. The van der Waals surface area contributed by atoms with E-state index in [1.807, 2.05) is 32.9 Å². The number of aryl methyl sites for hydroxylation is 1. The van der Waals surface area contributed by atoms with Crippen LogP contribution in [-0.4, -0.2) is 27.1 Å². The maximum Gasteiger partial charge on any atom is 0.264 e. The third-order valence-electron chi connectivity index (χ3n) is 5.31. The highest BCUT2D eigenvalue weighted by Crippen LogP contribution is 2.35. The smallest absolute Gasteiger partial charge is 0.264 e. The number of halogens is 2. The second kappa shape index (κ2) is 10.4. The van der Waals surface area contributed by atoms with Gasteiger partial charge in [0.15, 0.2) is 0 Å². The lowest BCUT2D eigenvalue weighted by Gasteiger charge is -2.24. The number of hydrogen-bond acceptors (Lipinski definition) is 4. The van der Waals surface area contributed by atoms with Crippen LogP contribution in [-0.2, 0) is 14.8 Å². The quantitative estimate of drug-likeness (QED) is 0.352. The zero-order valence-electron chi connectivity index (χ0n) is 18.3. The summed E-state index contributed by atoms with van der Waals surface area (Å²) in [4.78, 5) is 12.7. The van der Waals surface area contributed by atoms with Gasteiger partial charge in [-0.25, -0.2) is 13.8 Å². The van der Waals surface area contributed by atoms with Crippen LogP contribution in [0.1, 0.15) is 22.3 Å². The number of nitrogens with zero attached hydrogens (tertiary/aromatic N) is 2. The molecule has 0 bridgehead atoms. The number of carbonyl (C=O) groups excluding carboxylic acids is 1. The van der Waals surface area contributed by atoms with E-state index in [-0.39, 0.29) is 20.6 Å². The molecular formula is C24H23Cl2N3O3S. The maximum absolute atomic E-state index is 13.3. The van der Waals surface area contributed by atoms with Gasteiger partial charge in [-0.2, -0.15) is 5.10 Å². The molecule has 0 saturated carbocycles. The van der Waals surface area contributed by atoms with Crippen molar-refractivity contribution in [2.75, 3.05) is 10.8 Å². The first kappa shape index (κ1) is 24.8. The minimum absolute atomic E-state index is 0.0168. The molecule has 0 aliphatic rings. The van der Waals surface area contributed by atoms with Crippen LogP contribution in [0.15, 0.2) is 70.7 Å². The fourth-order valence-electron chi connectivity index (χ4n) is 3.16. The number of rotatable bonds is 7. The van der Waals surface area contributed by atoms with Crippen LogP contribution in [0, 0.1) is 20.8 Å². The summed E-state index contributed by atoms with van der Waals surface area (Å²) in [6.07, 6.45) is 1.53. The van der Waals surface area contributed by atoms with E-state index < -0.39 is 22.5 Å². The fraction of sp³-hybridized carbons (Fsp3) is 0.167. The molecule has 6 nitrogen and oxygen atoms in total. The highest BCUT2D eigenvalue weighted by atomic mass is 35.5. The Morgan fingerprint density at radius 2 is 1.67 bits per heavy atom. The third-order valence-corrected chi connectivity index (χ3v) is 7.89. The Morgan fingerprint density at radius 3 is 2.36 bits per heavy atom. The van der Waals surface area contributed by atoms with E-state index in [0.29, 0.717) is 0 Å². The van der Waals surface area contributed by atoms with Crippen LogP contribution in [0.3, 0.4) is 0 Å². The van der Waals surface area contributed by atoms with Gasteiger partial charge in [-0.3, -0.25) is 9.10 Å². The normalized spacial score (nSPS) is 11.5. The number of anilines is 1. The third kappa shape index (κ3) is 5.55. The van der Waals surface area contributed by atoms with Crippen molar-refractivity contribution < 1.29 is 13.2 Å². The Hall–Kier alpha value is -2.87. The van der Waals surface area contributed by atoms with Crippen molar-refractivity contribution in [2.45, 2.75) is 25.7 Å². The van der Waals surface area contributed by atoms with Gasteiger partial charge in [-0.1, -0.05) is 59.6 Å². The van der Waals surface area contributed by atoms with Gasteiger partial charge in [-0.05, 0) is 67.3 Å². The molecule has 3 aromatic carbocycles. The molecule has 1 N–H and O–H groups in total. The summed E-state index contributed by atoms with van der Waals surface area (Å²) in [6, 6.07) is 16.3. The summed E-state index contributed by atoms with van der Waals surface area (Å²) in [7, 11) is -4.11. The first-order valence-electron chi connectivity index (χ1n) is 10.0. The first-order chi connectivity index (χ1) is 15.6. The Morgan fingerprint density at radius 1 is 0.970 bits per heavy atom. The average molecular weight is 504 g/mol. The summed E-state index contributed by atoms with van der Waals surface area (Å²) in [5.41, 5.74) is 6.69. The fourth-order valence-corrected chi connectivity index (χ4v) is 5.06. The molecule has 0 heterocycles. The monoisotopic (exact) mass is 503 g/mol. The summed E-state index contributed by atoms with van der Waals surface area (Å²) in [5.74, 6) is -0.636. The lowest BCUT2D eigenvalue weighted by atomic mass is 10.00. The predicted molar refractivity (Wildman–Crippen MR) is 134 cm³/mol. The summed E-state index contributed by atoms with van der Waals surface area (Å²) in [6.45, 7) is 5.47. The SMILES string of the molecule is Cc1ccc(/C=N\NC(=O)CN(c2cccc(Cl)c2Cl)S(=O)(=O)c2ccccc2)c(C)c1C. The zero-order chi connectivity index (χ0) is 24.2. The van der Waals surface area contributed by atoms with Gasteiger partial charge in [0.2, 0.25) is 0 Å². The van der Waals surface area contributed by atoms with Gasteiger partial charge in [0.1, 0.15) is 6.54 Å². The Labute approximate surface area is 203 Å². The van der Waals surface area contributed by atoms with E-state index in [0.717, 1.165) is 26.6 Å². The van der Waals surface area contributed by atoms with Crippen LogP contribution in [0.5, 0.6) is 0 Å². The van der Waals surface area contributed by atoms with Gasteiger partial charge >= 0.3 is 0 Å². The molecule has 9 heteroatoms. The van der Waals surface area contributed by atoms with Gasteiger partial charge in [-0.15, -0.1) is 0 Å². The number of carbonyl (C=O) groups is 1. The number of hydrogen-bond donors (Lipinski definition) is 1. The van der Waals surface area contributed by atoms with Gasteiger partial charge in [0, 0.05) is 0 Å². The Bertz CT molecular complexity index is 1310. The molecule has 0 fully saturated rings. The highest BCUT2D eigenvalue weighted by molar-refractivity contribution is 7.92. The van der Waals surface area contributed by atoms with Crippen molar-refractivity contribution >= 4 is 51.0 Å². The lowest BCUT2D eigenvalue weighted by Crippen LogP contribution is -2.39. The van der Waals surface area contributed by atoms with Crippen molar-refractivity contribution in [3.8, 4) is 0 Å². The first-order valence-corrected chi connectivity index (χ1v) is 12.2. The number of amides is 1. The molecule has 0 aliphatic heterocycles. The molecule has 172 valence electrons. The van der Waals surface area contributed by atoms with Crippen molar-refractivity contribution in [3.05, 3.63) is 93.0 Å². The van der Waals surface area contributed by atoms with E-state index in [1.165, 1.54) is 30.5 Å². The molecule has 3 rings (SSSR count). The van der Waals surface area contributed by atoms with Crippen molar-refractivity contribution in [1.29, 1.82) is 0 Å². The van der Waals surface area contributed by atoms with Gasteiger partial charge in [0.25, 0.3) is 15.9 Å². The molecule has 0 spiro atoms.